The SMILES string of the molecule is COc1ccc(OC)c(Nc2ncnc(Nc3cccc(Cl)c3Cl)c2N)c1. The Labute approximate surface area is 166 Å². The standard InChI is InChI=1S/C18H17Cl2N5O2/c1-26-10-6-7-14(27-2)13(8-10)25-18-16(21)17(22-9-23-18)24-12-5-3-4-11(19)15(12)20/h3-9H,21H2,1-2H3,(H2,22,23,24,25). The summed E-state index contributed by atoms with van der Waals surface area (Å²) in [6, 6.07) is 10.6. The molecule has 0 fully saturated rings. The van der Waals surface area contributed by atoms with Gasteiger partial charge in [-0.3, -0.25) is 0 Å². The van der Waals surface area contributed by atoms with Crippen molar-refractivity contribution < 1.29 is 9.47 Å². The maximum absolute atomic E-state index is 6.23. The van der Waals surface area contributed by atoms with Gasteiger partial charge in [0.15, 0.2) is 11.6 Å². The average molecular weight is 406 g/mol. The second-order valence-corrected chi connectivity index (χ2v) is 6.19. The first-order valence-corrected chi connectivity index (χ1v) is 8.59. The van der Waals surface area contributed by atoms with Crippen LogP contribution in [0, 0.1) is 0 Å². The molecule has 0 amide bonds. The molecule has 0 aliphatic rings. The zero-order valence-electron chi connectivity index (χ0n) is 14.6. The minimum absolute atomic E-state index is 0.304. The molecule has 3 aromatic rings. The van der Waals surface area contributed by atoms with Crippen molar-refractivity contribution >= 4 is 51.9 Å². The molecule has 0 spiro atoms. The van der Waals surface area contributed by atoms with Gasteiger partial charge in [-0.15, -0.1) is 0 Å². The summed E-state index contributed by atoms with van der Waals surface area (Å²) in [5, 5.41) is 7.01. The fourth-order valence-electron chi connectivity index (χ4n) is 2.36. The van der Waals surface area contributed by atoms with Gasteiger partial charge in [-0.25, -0.2) is 9.97 Å². The Morgan fingerprint density at radius 3 is 2.30 bits per heavy atom. The number of nitrogens with two attached hydrogens (primary N) is 1. The van der Waals surface area contributed by atoms with Crippen LogP contribution in [-0.2, 0) is 0 Å². The number of benzene rings is 2. The molecule has 0 aliphatic heterocycles. The minimum atomic E-state index is 0.304. The van der Waals surface area contributed by atoms with Gasteiger partial charge in [0.25, 0.3) is 0 Å². The molecule has 2 aromatic carbocycles. The van der Waals surface area contributed by atoms with Gasteiger partial charge in [0, 0.05) is 6.07 Å². The third-order valence-electron chi connectivity index (χ3n) is 3.75. The van der Waals surface area contributed by atoms with E-state index >= 15 is 0 Å². The number of nitrogens with zero attached hydrogens (tertiary/aromatic N) is 2. The monoisotopic (exact) mass is 405 g/mol. The number of hydrogen-bond donors (Lipinski definition) is 3. The molecule has 0 aliphatic carbocycles. The Morgan fingerprint density at radius 1 is 0.926 bits per heavy atom. The quantitative estimate of drug-likeness (QED) is 0.538. The van der Waals surface area contributed by atoms with Crippen LogP contribution in [0.2, 0.25) is 10.0 Å². The third kappa shape index (κ3) is 4.10. The summed E-state index contributed by atoms with van der Waals surface area (Å²) in [7, 11) is 3.16. The van der Waals surface area contributed by atoms with Crippen molar-refractivity contribution in [2.24, 2.45) is 0 Å². The first-order valence-electron chi connectivity index (χ1n) is 7.84. The van der Waals surface area contributed by atoms with Crippen molar-refractivity contribution in [1.82, 2.24) is 9.97 Å². The number of anilines is 5. The number of nitrogen functional groups attached to an aromatic ring is 1. The summed E-state index contributed by atoms with van der Waals surface area (Å²) in [4.78, 5) is 8.38. The number of aromatic nitrogens is 2. The number of ether oxygens (including phenoxy) is 2. The summed E-state index contributed by atoms with van der Waals surface area (Å²) >= 11 is 12.3. The molecule has 0 unspecified atom stereocenters. The highest BCUT2D eigenvalue weighted by Gasteiger charge is 2.13. The van der Waals surface area contributed by atoms with Crippen LogP contribution in [0.5, 0.6) is 11.5 Å². The van der Waals surface area contributed by atoms with E-state index in [2.05, 4.69) is 20.6 Å². The molecular weight excluding hydrogens is 389 g/mol. The van der Waals surface area contributed by atoms with Crippen LogP contribution in [0.4, 0.5) is 28.7 Å². The highest BCUT2D eigenvalue weighted by molar-refractivity contribution is 6.43. The second kappa shape index (κ2) is 8.20. The van der Waals surface area contributed by atoms with E-state index in [0.717, 1.165) is 0 Å². The van der Waals surface area contributed by atoms with Gasteiger partial charge < -0.3 is 25.8 Å². The van der Waals surface area contributed by atoms with Gasteiger partial charge in [0.1, 0.15) is 23.5 Å². The molecule has 9 heteroatoms. The molecular formula is C18H17Cl2N5O2. The Balaban J connectivity index is 1.93. The van der Waals surface area contributed by atoms with Gasteiger partial charge in [-0.05, 0) is 24.3 Å². The molecule has 140 valence electrons. The Morgan fingerprint density at radius 2 is 1.63 bits per heavy atom. The van der Waals surface area contributed by atoms with Crippen molar-refractivity contribution in [2.45, 2.75) is 0 Å². The van der Waals surface area contributed by atoms with Crippen LogP contribution >= 0.6 is 23.2 Å². The molecule has 1 heterocycles. The molecule has 4 N–H and O–H groups in total. The summed E-state index contributed by atoms with van der Waals surface area (Å²) in [6.07, 6.45) is 1.38. The van der Waals surface area contributed by atoms with E-state index < -0.39 is 0 Å². The Bertz CT molecular complexity index is 968. The van der Waals surface area contributed by atoms with Crippen LogP contribution < -0.4 is 25.8 Å². The van der Waals surface area contributed by atoms with E-state index in [4.69, 9.17) is 38.4 Å². The van der Waals surface area contributed by atoms with Crippen LogP contribution in [0.15, 0.2) is 42.7 Å². The van der Waals surface area contributed by atoms with Crippen molar-refractivity contribution in [3.8, 4) is 11.5 Å². The van der Waals surface area contributed by atoms with Crippen LogP contribution in [-0.4, -0.2) is 24.2 Å². The van der Waals surface area contributed by atoms with E-state index in [-0.39, 0.29) is 0 Å². The van der Waals surface area contributed by atoms with Crippen molar-refractivity contribution in [3.05, 3.63) is 52.8 Å². The number of hydrogen-bond acceptors (Lipinski definition) is 7. The molecule has 27 heavy (non-hydrogen) atoms. The summed E-state index contributed by atoms with van der Waals surface area (Å²) in [6.45, 7) is 0. The van der Waals surface area contributed by atoms with E-state index in [1.165, 1.54) is 6.33 Å². The number of methoxy groups -OCH3 is 2. The maximum atomic E-state index is 6.23. The Kier molecular flexibility index (Phi) is 5.73. The molecule has 1 aromatic heterocycles. The minimum Gasteiger partial charge on any atom is -0.497 e. The highest BCUT2D eigenvalue weighted by atomic mass is 35.5. The second-order valence-electron chi connectivity index (χ2n) is 5.40. The molecule has 0 saturated heterocycles. The summed E-state index contributed by atoms with van der Waals surface area (Å²) < 4.78 is 10.6. The van der Waals surface area contributed by atoms with Gasteiger partial charge >= 0.3 is 0 Å². The normalized spacial score (nSPS) is 10.4. The van der Waals surface area contributed by atoms with E-state index in [1.54, 1.807) is 50.6 Å². The first-order chi connectivity index (χ1) is 13.0. The topological polar surface area (TPSA) is 94.3 Å². The molecule has 0 radical (unpaired) electrons. The molecule has 0 saturated carbocycles. The molecule has 3 rings (SSSR count). The molecule has 7 nitrogen and oxygen atoms in total. The third-order valence-corrected chi connectivity index (χ3v) is 4.57. The first kappa shape index (κ1) is 18.9. The summed E-state index contributed by atoms with van der Waals surface area (Å²) in [5.74, 6) is 2.06. The Hall–Kier alpha value is -2.90. The van der Waals surface area contributed by atoms with Crippen LogP contribution in [0.25, 0.3) is 0 Å². The number of nitrogens with one attached hydrogen (secondary N) is 2. The number of halogens is 2. The molecule has 0 atom stereocenters. The smallest absolute Gasteiger partial charge is 0.159 e. The summed E-state index contributed by atoms with van der Waals surface area (Å²) in [5.41, 5.74) is 7.77. The zero-order chi connectivity index (χ0) is 19.4. The lowest BCUT2D eigenvalue weighted by molar-refractivity contribution is 0.405. The van der Waals surface area contributed by atoms with Crippen molar-refractivity contribution in [2.75, 3.05) is 30.6 Å². The average Bonchev–Trinajstić information content (AvgIpc) is 2.68. The fourth-order valence-corrected chi connectivity index (χ4v) is 2.71. The van der Waals surface area contributed by atoms with Crippen LogP contribution in [0.3, 0.4) is 0 Å². The largest absolute Gasteiger partial charge is 0.497 e. The van der Waals surface area contributed by atoms with Crippen molar-refractivity contribution in [3.63, 3.8) is 0 Å². The molecule has 0 bridgehead atoms. The van der Waals surface area contributed by atoms with Gasteiger partial charge in [0.2, 0.25) is 0 Å². The highest BCUT2D eigenvalue weighted by Crippen LogP contribution is 2.36. The van der Waals surface area contributed by atoms with E-state index in [0.29, 0.717) is 50.2 Å². The van der Waals surface area contributed by atoms with Crippen molar-refractivity contribution in [1.29, 1.82) is 0 Å². The maximum Gasteiger partial charge on any atom is 0.159 e. The lowest BCUT2D eigenvalue weighted by Crippen LogP contribution is -2.06. The lowest BCUT2D eigenvalue weighted by Gasteiger charge is -2.15. The number of rotatable bonds is 6. The van der Waals surface area contributed by atoms with Gasteiger partial charge in [0.05, 0.1) is 35.6 Å². The fraction of sp³-hybridized carbons (Fsp3) is 0.111. The van der Waals surface area contributed by atoms with E-state index in [1.807, 2.05) is 0 Å². The van der Waals surface area contributed by atoms with Gasteiger partial charge in [-0.1, -0.05) is 29.3 Å². The predicted octanol–water partition coefficient (Wildman–Crippen LogP) is 4.87. The van der Waals surface area contributed by atoms with Gasteiger partial charge in [-0.2, -0.15) is 0 Å². The lowest BCUT2D eigenvalue weighted by atomic mass is 10.2. The zero-order valence-corrected chi connectivity index (χ0v) is 16.1. The van der Waals surface area contributed by atoms with Crippen LogP contribution in [0.1, 0.15) is 0 Å². The van der Waals surface area contributed by atoms with E-state index in [9.17, 15) is 0 Å². The predicted molar refractivity (Wildman–Crippen MR) is 109 cm³/mol.